The number of likely N-dealkylation sites (N-methyl/N-ethyl adjacent to an activating group) is 1. The number of carbonyl (C=O) groups excluding carboxylic acids is 3. The van der Waals surface area contributed by atoms with Gasteiger partial charge in [-0.15, -0.1) is 0 Å². The van der Waals surface area contributed by atoms with Gasteiger partial charge in [0.1, 0.15) is 0 Å². The number of carbonyl (C=O) groups is 3. The highest BCUT2D eigenvalue weighted by molar-refractivity contribution is 6.06. The molecule has 1 aliphatic heterocycles. The first kappa shape index (κ1) is 24.9. The van der Waals surface area contributed by atoms with E-state index in [1.54, 1.807) is 0 Å². The summed E-state index contributed by atoms with van der Waals surface area (Å²) in [6, 6.07) is 19.9. The van der Waals surface area contributed by atoms with Crippen LogP contribution in [0.3, 0.4) is 0 Å². The number of allylic oxidation sites excluding steroid dienone is 2. The number of quaternary nitrogens is 1. The standard InChI is InChI=1S/C29H35N2O4/c1-20(2)35-25(32)19-31(3,4)18-17-30-28(33)26-23(21-11-7-5-8-12-21)15-16-24(27(26)29(30)34)22-13-9-6-10-14-22/h5-16,20,23-24,26-27H,17-19H2,1-4H3/q+1/t23-,24-,26-,27+/m0/s1. The third kappa shape index (κ3) is 5.38. The third-order valence-corrected chi connectivity index (χ3v) is 7.01. The van der Waals surface area contributed by atoms with E-state index in [0.717, 1.165) is 11.1 Å². The summed E-state index contributed by atoms with van der Waals surface area (Å²) in [7, 11) is 3.83. The minimum Gasteiger partial charge on any atom is -0.459 e. The van der Waals surface area contributed by atoms with Gasteiger partial charge in [-0.1, -0.05) is 72.8 Å². The molecule has 184 valence electrons. The Bertz CT molecular complexity index is 1030. The van der Waals surface area contributed by atoms with Gasteiger partial charge in [-0.05, 0) is 25.0 Å². The maximum Gasteiger partial charge on any atom is 0.362 e. The number of rotatable bonds is 8. The van der Waals surface area contributed by atoms with E-state index in [2.05, 4.69) is 12.2 Å². The first-order valence-corrected chi connectivity index (χ1v) is 12.3. The molecule has 0 N–H and O–H groups in total. The predicted octanol–water partition coefficient (Wildman–Crippen LogP) is 3.75. The Kier molecular flexibility index (Phi) is 7.22. The lowest BCUT2D eigenvalue weighted by Crippen LogP contribution is -2.50. The Labute approximate surface area is 207 Å². The summed E-state index contributed by atoms with van der Waals surface area (Å²) in [4.78, 5) is 41.2. The van der Waals surface area contributed by atoms with Crippen LogP contribution in [0.15, 0.2) is 72.8 Å². The van der Waals surface area contributed by atoms with Crippen LogP contribution in [0.25, 0.3) is 0 Å². The Morgan fingerprint density at radius 1 is 0.857 bits per heavy atom. The fraction of sp³-hybridized carbons (Fsp3) is 0.414. The highest BCUT2D eigenvalue weighted by Crippen LogP contribution is 2.49. The molecule has 1 fully saturated rings. The molecule has 6 nitrogen and oxygen atoms in total. The van der Waals surface area contributed by atoms with Crippen LogP contribution in [-0.4, -0.2) is 67.0 Å². The Balaban J connectivity index is 1.59. The molecule has 2 aliphatic rings. The van der Waals surface area contributed by atoms with Gasteiger partial charge >= 0.3 is 5.97 Å². The molecule has 1 aliphatic carbocycles. The van der Waals surface area contributed by atoms with Gasteiger partial charge in [-0.3, -0.25) is 14.5 Å². The second-order valence-corrected chi connectivity index (χ2v) is 10.5. The van der Waals surface area contributed by atoms with E-state index in [1.807, 2.05) is 88.6 Å². The van der Waals surface area contributed by atoms with Crippen LogP contribution in [0.5, 0.6) is 0 Å². The number of amides is 2. The number of hydrogen-bond acceptors (Lipinski definition) is 4. The molecule has 35 heavy (non-hydrogen) atoms. The number of esters is 1. The lowest BCUT2D eigenvalue weighted by Gasteiger charge is -2.32. The zero-order valence-electron chi connectivity index (χ0n) is 21.0. The van der Waals surface area contributed by atoms with Crippen LogP contribution >= 0.6 is 0 Å². The van der Waals surface area contributed by atoms with Gasteiger partial charge in [-0.2, -0.15) is 0 Å². The van der Waals surface area contributed by atoms with Crippen molar-refractivity contribution >= 4 is 17.8 Å². The molecular weight excluding hydrogens is 440 g/mol. The highest BCUT2D eigenvalue weighted by atomic mass is 16.5. The molecule has 2 amide bonds. The number of imide groups is 1. The number of hydrogen-bond donors (Lipinski definition) is 0. The molecule has 0 aromatic heterocycles. The quantitative estimate of drug-likeness (QED) is 0.252. The molecule has 1 heterocycles. The highest BCUT2D eigenvalue weighted by Gasteiger charge is 2.55. The summed E-state index contributed by atoms with van der Waals surface area (Å²) in [5.74, 6) is -1.71. The van der Waals surface area contributed by atoms with Gasteiger partial charge in [0.05, 0.1) is 45.1 Å². The van der Waals surface area contributed by atoms with E-state index in [4.69, 9.17) is 4.74 Å². The monoisotopic (exact) mass is 475 g/mol. The zero-order valence-corrected chi connectivity index (χ0v) is 21.0. The van der Waals surface area contributed by atoms with Crippen LogP contribution in [0, 0.1) is 11.8 Å². The van der Waals surface area contributed by atoms with Crippen LogP contribution in [-0.2, 0) is 19.1 Å². The Morgan fingerprint density at radius 3 is 1.74 bits per heavy atom. The molecular formula is C29H35N2O4+. The average molecular weight is 476 g/mol. The lowest BCUT2D eigenvalue weighted by atomic mass is 9.68. The van der Waals surface area contributed by atoms with Crippen molar-refractivity contribution < 1.29 is 23.6 Å². The molecule has 0 radical (unpaired) electrons. The van der Waals surface area contributed by atoms with Crippen LogP contribution < -0.4 is 0 Å². The third-order valence-electron chi connectivity index (χ3n) is 7.01. The van der Waals surface area contributed by atoms with Crippen molar-refractivity contribution in [1.29, 1.82) is 0 Å². The smallest absolute Gasteiger partial charge is 0.362 e. The summed E-state index contributed by atoms with van der Waals surface area (Å²) < 4.78 is 5.63. The molecule has 2 aromatic rings. The molecule has 4 atom stereocenters. The summed E-state index contributed by atoms with van der Waals surface area (Å²) in [6.45, 7) is 4.57. The van der Waals surface area contributed by atoms with Crippen molar-refractivity contribution in [2.75, 3.05) is 33.7 Å². The number of likely N-dealkylation sites (tertiary alicyclic amines) is 1. The normalized spacial score (nSPS) is 24.1. The molecule has 0 bridgehead atoms. The van der Waals surface area contributed by atoms with E-state index < -0.39 is 11.8 Å². The van der Waals surface area contributed by atoms with E-state index in [9.17, 15) is 14.4 Å². The first-order valence-electron chi connectivity index (χ1n) is 12.3. The van der Waals surface area contributed by atoms with Crippen molar-refractivity contribution in [1.82, 2.24) is 4.90 Å². The fourth-order valence-electron chi connectivity index (χ4n) is 5.32. The van der Waals surface area contributed by atoms with Gasteiger partial charge < -0.3 is 9.22 Å². The van der Waals surface area contributed by atoms with Crippen LogP contribution in [0.4, 0.5) is 0 Å². The van der Waals surface area contributed by atoms with Crippen molar-refractivity contribution in [2.24, 2.45) is 11.8 Å². The number of nitrogens with zero attached hydrogens (tertiary/aromatic N) is 2. The maximum atomic E-state index is 13.8. The summed E-state index contributed by atoms with van der Waals surface area (Å²) in [5, 5.41) is 0. The molecule has 0 spiro atoms. The van der Waals surface area contributed by atoms with E-state index in [0.29, 0.717) is 11.0 Å². The van der Waals surface area contributed by atoms with Gasteiger partial charge in [0, 0.05) is 11.8 Å². The second-order valence-electron chi connectivity index (χ2n) is 10.5. The summed E-state index contributed by atoms with van der Waals surface area (Å²) in [5.41, 5.74) is 2.08. The van der Waals surface area contributed by atoms with Crippen LogP contribution in [0.1, 0.15) is 36.8 Å². The van der Waals surface area contributed by atoms with E-state index in [1.165, 1.54) is 4.90 Å². The zero-order chi connectivity index (χ0) is 25.2. The molecule has 0 saturated carbocycles. The molecule has 1 saturated heterocycles. The second kappa shape index (κ2) is 10.2. The van der Waals surface area contributed by atoms with Gasteiger partial charge in [0.2, 0.25) is 11.8 Å². The lowest BCUT2D eigenvalue weighted by molar-refractivity contribution is -0.882. The van der Waals surface area contributed by atoms with Crippen molar-refractivity contribution in [3.63, 3.8) is 0 Å². The molecule has 0 unspecified atom stereocenters. The molecule has 2 aromatic carbocycles. The van der Waals surface area contributed by atoms with Crippen molar-refractivity contribution in [3.8, 4) is 0 Å². The molecule has 4 rings (SSSR count). The van der Waals surface area contributed by atoms with Gasteiger partial charge in [0.25, 0.3) is 0 Å². The van der Waals surface area contributed by atoms with Crippen LogP contribution in [0.2, 0.25) is 0 Å². The topological polar surface area (TPSA) is 63.7 Å². The molecule has 6 heteroatoms. The Hall–Kier alpha value is -3.25. The van der Waals surface area contributed by atoms with Crippen molar-refractivity contribution in [2.45, 2.75) is 31.8 Å². The summed E-state index contributed by atoms with van der Waals surface area (Å²) in [6.07, 6.45) is 4.03. The minimum absolute atomic E-state index is 0.121. The van der Waals surface area contributed by atoms with E-state index >= 15 is 0 Å². The fourth-order valence-corrected chi connectivity index (χ4v) is 5.32. The minimum atomic E-state index is -0.443. The van der Waals surface area contributed by atoms with E-state index in [-0.39, 0.29) is 48.8 Å². The Morgan fingerprint density at radius 2 is 1.31 bits per heavy atom. The average Bonchev–Trinajstić information content (AvgIpc) is 3.07. The number of fused-ring (bicyclic) bond motifs is 1. The SMILES string of the molecule is CC(C)OC(=O)C[N+](C)(C)CCN1C(=O)[C@@H]2[C@H](C1=O)[C@H](c1ccccc1)C=C[C@H]2c1ccccc1. The van der Waals surface area contributed by atoms with Crippen molar-refractivity contribution in [3.05, 3.63) is 83.9 Å². The number of ether oxygens (including phenoxy) is 1. The first-order chi connectivity index (χ1) is 16.7. The van der Waals surface area contributed by atoms with Gasteiger partial charge in [0.15, 0.2) is 6.54 Å². The van der Waals surface area contributed by atoms with Gasteiger partial charge in [-0.25, -0.2) is 4.79 Å². The largest absolute Gasteiger partial charge is 0.459 e. The maximum absolute atomic E-state index is 13.8. The predicted molar refractivity (Wildman–Crippen MR) is 134 cm³/mol. The number of benzene rings is 2. The summed E-state index contributed by atoms with van der Waals surface area (Å²) >= 11 is 0.